The van der Waals surface area contributed by atoms with Crippen LogP contribution in [0.15, 0.2) is 248 Å². The van der Waals surface area contributed by atoms with E-state index in [1.54, 1.807) is 93.8 Å². The van der Waals surface area contributed by atoms with Crippen molar-refractivity contribution in [3.05, 3.63) is 303 Å². The summed E-state index contributed by atoms with van der Waals surface area (Å²) in [5.74, 6) is -3.35. The fourth-order valence-electron chi connectivity index (χ4n) is 12.8. The lowest BCUT2D eigenvalue weighted by Crippen LogP contribution is -2.47. The Morgan fingerprint density at radius 2 is 0.724 bits per heavy atom. The molecule has 15 aromatic rings. The molecule has 38 heteroatoms. The lowest BCUT2D eigenvalue weighted by molar-refractivity contribution is -0.138. The summed E-state index contributed by atoms with van der Waals surface area (Å²) in [5.41, 5.74) is 2.04. The summed E-state index contributed by atoms with van der Waals surface area (Å²) in [5, 5.41) is 51.1. The Morgan fingerprint density at radius 3 is 1.09 bits per heavy atom. The van der Waals surface area contributed by atoms with Gasteiger partial charge in [-0.15, -0.1) is 0 Å². The van der Waals surface area contributed by atoms with Crippen LogP contribution in [0.1, 0.15) is 126 Å². The van der Waals surface area contributed by atoms with Gasteiger partial charge < -0.3 is 35.1 Å². The maximum atomic E-state index is 12.9. The molecule has 22 nitrogen and oxygen atoms in total. The number of carbonyl (C=O) groups excluding carboxylic acids is 3. The van der Waals surface area contributed by atoms with Gasteiger partial charge in [-0.1, -0.05) is 59.1 Å². The average Bonchev–Trinajstić information content (AvgIpc) is 1.68. The van der Waals surface area contributed by atoms with Crippen LogP contribution in [-0.4, -0.2) is 135 Å². The quantitative estimate of drug-likeness (QED) is 0.0384. The Kier molecular flexibility index (Phi) is 31.4. The molecule has 1 aliphatic carbocycles. The normalized spacial score (nSPS) is 13.3. The number of aromatic carboxylic acids is 2. The molecule has 0 amide bonds. The number of aromatic amines is 1. The zero-order valence-electron chi connectivity index (χ0n) is 67.4. The zero-order chi connectivity index (χ0) is 92.3. The fraction of sp³-hybridized carbons (Fsp3) is 0.213. The minimum Gasteiger partial charge on any atom is -0.478 e. The van der Waals surface area contributed by atoms with Gasteiger partial charge in [0, 0.05) is 55.9 Å². The predicted octanol–water partition coefficient (Wildman–Crippen LogP) is 21.9. The first-order chi connectivity index (χ1) is 60.2. The number of carboxylic acids is 2. The molecule has 127 heavy (non-hydrogen) atoms. The van der Waals surface area contributed by atoms with Gasteiger partial charge >= 0.3 is 60.7 Å². The smallest absolute Gasteiger partial charge is 0.416 e. The zero-order valence-corrected chi connectivity index (χ0v) is 69.0. The number of nitrogens with one attached hydrogen (secondary N) is 3. The molecule has 1 saturated carbocycles. The summed E-state index contributed by atoms with van der Waals surface area (Å²) < 4.78 is 210. The lowest BCUT2D eigenvalue weighted by atomic mass is 9.91. The molecule has 5 heterocycles. The molecule has 1 fully saturated rings. The standard InChI is InChI=1S/2C17H13F3N2O2.2C15H9F3N2O2.C10H10N2O2.C8H18N2.C7H4BrF3/c1-2-24-16(23)11-6-7-15-12(8-11)10-22(21-15)14-5-3-4-13(9-14)17(18,19)20;1-2-24-16(23)11-6-7-15-12(8-11)10-21-22(15)14-5-3-4-13(9-14)17(18,19)20;16-15(17,18)11-2-1-3-12(7-11)20-8-10-6-9(14(21)22)4-5-13(10)19-20;16-15(17,18)11-2-1-3-12(7-11)20-13-5-4-9(14(21)22)6-10(13)8-19-20;1-2-14-10(13)7-3-4-9-8(5-7)6-11-12-9;1-9-7-5-3-4-6-8(7)10-2;8-6-3-1-2-5(4-6)7(9,10)11/h2*3-10H,2H2,1H3;2*1-8H,(H,21,22);3-6H,2H2,1H3,(H,11,12);7-10H,3-6H2,1-2H3;1-4H/t;;;;;7-,8+;. The summed E-state index contributed by atoms with van der Waals surface area (Å²) >= 11 is 2.95. The first kappa shape index (κ1) is 95.5. The Morgan fingerprint density at radius 1 is 0.402 bits per heavy atom. The highest BCUT2D eigenvalue weighted by Gasteiger charge is 2.35. The van der Waals surface area contributed by atoms with Crippen molar-refractivity contribution in [3.63, 3.8) is 0 Å². The number of halogens is 16. The van der Waals surface area contributed by atoms with Crippen LogP contribution in [0.4, 0.5) is 65.9 Å². The molecule has 10 aromatic carbocycles. The number of ether oxygens (including phenoxy) is 3. The number of likely N-dealkylation sites (N-methyl/N-ethyl adjacent to an activating group) is 2. The van der Waals surface area contributed by atoms with Gasteiger partial charge in [-0.3, -0.25) is 5.10 Å². The minimum atomic E-state index is -4.44. The van der Waals surface area contributed by atoms with E-state index in [-0.39, 0.29) is 41.7 Å². The van der Waals surface area contributed by atoms with Crippen LogP contribution in [0.5, 0.6) is 0 Å². The predicted molar refractivity (Wildman–Crippen MR) is 445 cm³/mol. The fourth-order valence-corrected chi connectivity index (χ4v) is 13.2. The number of aromatic nitrogens is 10. The van der Waals surface area contributed by atoms with Crippen molar-refractivity contribution < 1.29 is 114 Å². The van der Waals surface area contributed by atoms with E-state index in [4.69, 9.17) is 24.4 Å². The average molecular weight is 1840 g/mol. The molecule has 5 aromatic heterocycles. The van der Waals surface area contributed by atoms with Gasteiger partial charge in [0.05, 0.1) is 144 Å². The van der Waals surface area contributed by atoms with E-state index in [1.165, 1.54) is 148 Å². The number of H-pyrrole nitrogens is 1. The summed E-state index contributed by atoms with van der Waals surface area (Å²) in [4.78, 5) is 56.7. The molecular weight excluding hydrogens is 1760 g/mol. The van der Waals surface area contributed by atoms with Crippen molar-refractivity contribution in [1.29, 1.82) is 0 Å². The topological polar surface area (TPSA) is 278 Å². The van der Waals surface area contributed by atoms with Crippen molar-refractivity contribution >= 4 is 100 Å². The number of fused-ring (bicyclic) bond motifs is 5. The molecule has 0 unspecified atom stereocenters. The second-order valence-electron chi connectivity index (χ2n) is 27.6. The molecule has 0 saturated heterocycles. The summed E-state index contributed by atoms with van der Waals surface area (Å²) in [6.07, 6.45) is -8.82. The highest BCUT2D eigenvalue weighted by atomic mass is 79.9. The number of nitrogens with zero attached hydrogens (tertiary/aromatic N) is 9. The molecule has 1 aliphatic rings. The second-order valence-corrected chi connectivity index (χ2v) is 28.5. The molecule has 16 rings (SSSR count). The Balaban J connectivity index is 0.000000158. The van der Waals surface area contributed by atoms with Gasteiger partial charge in [0.2, 0.25) is 0 Å². The Hall–Kier alpha value is -13.8. The maximum absolute atomic E-state index is 12.9. The van der Waals surface area contributed by atoms with Crippen LogP contribution in [0, 0.1) is 0 Å². The number of benzene rings is 10. The van der Waals surface area contributed by atoms with E-state index >= 15 is 0 Å². The first-order valence-electron chi connectivity index (χ1n) is 38.4. The molecular formula is C89H76BrF15N12O10. The molecule has 0 bridgehead atoms. The molecule has 664 valence electrons. The second kappa shape index (κ2) is 41.8. The largest absolute Gasteiger partial charge is 0.478 e. The van der Waals surface area contributed by atoms with E-state index < -0.39 is 82.6 Å². The third-order valence-corrected chi connectivity index (χ3v) is 19.5. The third kappa shape index (κ3) is 25.5. The maximum Gasteiger partial charge on any atom is 0.416 e. The number of alkyl halides is 15. The van der Waals surface area contributed by atoms with Crippen molar-refractivity contribution in [3.8, 4) is 22.7 Å². The number of esters is 3. The van der Waals surface area contributed by atoms with E-state index in [0.29, 0.717) is 94.8 Å². The van der Waals surface area contributed by atoms with E-state index in [0.717, 1.165) is 71.6 Å². The highest BCUT2D eigenvalue weighted by Crippen LogP contribution is 2.37. The first-order valence-corrected chi connectivity index (χ1v) is 39.2. The number of carboxylic acid groups (broad SMARTS) is 2. The van der Waals surface area contributed by atoms with Gasteiger partial charge in [0.15, 0.2) is 0 Å². The van der Waals surface area contributed by atoms with E-state index in [9.17, 15) is 89.8 Å². The van der Waals surface area contributed by atoms with Crippen LogP contribution in [0.25, 0.3) is 77.3 Å². The summed E-state index contributed by atoms with van der Waals surface area (Å²) in [6.45, 7) is 6.13. The molecule has 0 radical (unpaired) electrons. The molecule has 0 spiro atoms. The van der Waals surface area contributed by atoms with Gasteiger partial charge in [-0.25, -0.2) is 42.7 Å². The summed E-state index contributed by atoms with van der Waals surface area (Å²) in [7, 11) is 4.11. The Bertz CT molecular complexity index is 6300. The van der Waals surface area contributed by atoms with E-state index in [2.05, 4.69) is 71.3 Å². The molecule has 2 atom stereocenters. The van der Waals surface area contributed by atoms with Crippen LogP contribution in [-0.2, 0) is 45.1 Å². The van der Waals surface area contributed by atoms with Crippen molar-refractivity contribution in [2.75, 3.05) is 33.9 Å². The van der Waals surface area contributed by atoms with Crippen LogP contribution in [0.2, 0.25) is 0 Å². The molecule has 5 N–H and O–H groups in total. The van der Waals surface area contributed by atoms with Gasteiger partial charge in [0.1, 0.15) is 0 Å². The van der Waals surface area contributed by atoms with Crippen molar-refractivity contribution in [1.82, 2.24) is 60.0 Å². The lowest BCUT2D eigenvalue weighted by Gasteiger charge is -2.30. The highest BCUT2D eigenvalue weighted by molar-refractivity contribution is 9.10. The van der Waals surface area contributed by atoms with Crippen LogP contribution < -0.4 is 10.6 Å². The van der Waals surface area contributed by atoms with Crippen LogP contribution in [0.3, 0.4) is 0 Å². The summed E-state index contributed by atoms with van der Waals surface area (Å²) in [6, 6.07) is 49.3. The van der Waals surface area contributed by atoms with Gasteiger partial charge in [-0.05, 0) is 230 Å². The van der Waals surface area contributed by atoms with Crippen molar-refractivity contribution in [2.45, 2.75) is 89.4 Å². The number of carbonyl (C=O) groups is 5. The van der Waals surface area contributed by atoms with Gasteiger partial charge in [-0.2, -0.15) is 91.3 Å². The molecule has 0 aliphatic heterocycles. The van der Waals surface area contributed by atoms with Gasteiger partial charge in [0.25, 0.3) is 0 Å². The third-order valence-electron chi connectivity index (χ3n) is 19.0. The minimum absolute atomic E-state index is 0.0936. The van der Waals surface area contributed by atoms with E-state index in [1.807, 2.05) is 6.07 Å². The number of hydrogen-bond acceptors (Lipinski definition) is 15. The number of rotatable bonds is 14. The van der Waals surface area contributed by atoms with Crippen LogP contribution >= 0.6 is 15.9 Å². The number of hydrogen-bond donors (Lipinski definition) is 5. The Labute approximate surface area is 720 Å². The SMILES string of the molecule is CCOC(=O)c1ccc2[nH]ncc2c1.CCOC(=O)c1ccc2c(cnn2-c2cccc(C(F)(F)F)c2)c1.CCOC(=O)c1ccc2nn(-c3cccc(C(F)(F)F)c3)cc2c1.CN[C@H]1CCCC[C@H]1NC.FC(F)(F)c1cccc(Br)c1.O=C(O)c1ccc2c(cnn2-c2cccc(C(F)(F)F)c2)c1.O=C(O)c1ccc2nn(-c3cccc(C(F)(F)F)c3)cc2c1. The van der Waals surface area contributed by atoms with Crippen molar-refractivity contribution in [2.24, 2.45) is 0 Å². The monoisotopic (exact) mass is 1840 g/mol.